The lowest BCUT2D eigenvalue weighted by Crippen LogP contribution is -2.21. The van der Waals surface area contributed by atoms with Gasteiger partial charge in [0, 0.05) is 36.5 Å². The standard InChI is InChI=1S/C23H24N4O2/c1-16-21(17(2)27(26-16)20-7-5-4-6-8-20)15-25-22(28)14-11-18-9-12-19(13-10-18)23(29)24-3/h4-14H,15H2,1-3H3,(H,24,29)(H,25,28)/b14-11+. The molecule has 0 unspecified atom stereocenters. The van der Waals surface area contributed by atoms with E-state index in [1.54, 1.807) is 37.4 Å². The van der Waals surface area contributed by atoms with Gasteiger partial charge in [-0.25, -0.2) is 4.68 Å². The molecule has 0 saturated heterocycles. The summed E-state index contributed by atoms with van der Waals surface area (Å²) in [7, 11) is 1.59. The Labute approximate surface area is 170 Å². The summed E-state index contributed by atoms with van der Waals surface area (Å²) in [5.41, 5.74) is 5.31. The van der Waals surface area contributed by atoms with Crippen LogP contribution in [0.3, 0.4) is 0 Å². The van der Waals surface area contributed by atoms with Gasteiger partial charge in [0.1, 0.15) is 0 Å². The van der Waals surface area contributed by atoms with Crippen LogP contribution in [0, 0.1) is 13.8 Å². The van der Waals surface area contributed by atoms with Crippen LogP contribution in [0.25, 0.3) is 11.8 Å². The fourth-order valence-corrected chi connectivity index (χ4v) is 3.05. The number of carbonyl (C=O) groups is 2. The molecular formula is C23H24N4O2. The molecule has 148 valence electrons. The maximum absolute atomic E-state index is 12.2. The fourth-order valence-electron chi connectivity index (χ4n) is 3.05. The van der Waals surface area contributed by atoms with Crippen LogP contribution in [0.5, 0.6) is 0 Å². The van der Waals surface area contributed by atoms with Gasteiger partial charge in [-0.15, -0.1) is 0 Å². The molecule has 0 atom stereocenters. The molecule has 0 aliphatic carbocycles. The van der Waals surface area contributed by atoms with E-state index in [-0.39, 0.29) is 11.8 Å². The SMILES string of the molecule is CNC(=O)c1ccc(/C=C/C(=O)NCc2c(C)nn(-c3ccccc3)c2C)cc1. The number of nitrogens with zero attached hydrogens (tertiary/aromatic N) is 2. The van der Waals surface area contributed by atoms with E-state index in [0.717, 1.165) is 28.2 Å². The van der Waals surface area contributed by atoms with E-state index in [1.807, 2.05) is 48.9 Å². The second-order valence-corrected chi connectivity index (χ2v) is 6.65. The topological polar surface area (TPSA) is 76.0 Å². The third-order valence-electron chi connectivity index (χ3n) is 4.71. The Morgan fingerprint density at radius 2 is 1.72 bits per heavy atom. The van der Waals surface area contributed by atoms with Gasteiger partial charge in [0.2, 0.25) is 5.91 Å². The van der Waals surface area contributed by atoms with Gasteiger partial charge in [-0.3, -0.25) is 9.59 Å². The highest BCUT2D eigenvalue weighted by Crippen LogP contribution is 2.17. The average molecular weight is 388 g/mol. The van der Waals surface area contributed by atoms with Crippen molar-refractivity contribution in [2.75, 3.05) is 7.05 Å². The number of aryl methyl sites for hydroxylation is 1. The van der Waals surface area contributed by atoms with Crippen molar-refractivity contribution in [3.05, 3.63) is 88.8 Å². The lowest BCUT2D eigenvalue weighted by molar-refractivity contribution is -0.116. The van der Waals surface area contributed by atoms with Crippen molar-refractivity contribution in [1.82, 2.24) is 20.4 Å². The van der Waals surface area contributed by atoms with Gasteiger partial charge >= 0.3 is 0 Å². The Hall–Kier alpha value is -3.67. The summed E-state index contributed by atoms with van der Waals surface area (Å²) in [5, 5.41) is 10.1. The minimum atomic E-state index is -0.188. The summed E-state index contributed by atoms with van der Waals surface area (Å²) in [5.74, 6) is -0.327. The molecule has 0 bridgehead atoms. The number of carbonyl (C=O) groups excluding carboxylic acids is 2. The van der Waals surface area contributed by atoms with Crippen LogP contribution >= 0.6 is 0 Å². The van der Waals surface area contributed by atoms with E-state index in [9.17, 15) is 9.59 Å². The van der Waals surface area contributed by atoms with Gasteiger partial charge < -0.3 is 10.6 Å². The van der Waals surface area contributed by atoms with Crippen molar-refractivity contribution >= 4 is 17.9 Å². The molecule has 3 rings (SSSR count). The van der Waals surface area contributed by atoms with Gasteiger partial charge in [-0.2, -0.15) is 5.10 Å². The van der Waals surface area contributed by atoms with Crippen molar-refractivity contribution in [3.8, 4) is 5.69 Å². The predicted molar refractivity (Wildman–Crippen MR) is 114 cm³/mol. The van der Waals surface area contributed by atoms with Crippen LogP contribution in [-0.2, 0) is 11.3 Å². The summed E-state index contributed by atoms with van der Waals surface area (Å²) < 4.78 is 1.89. The highest BCUT2D eigenvalue weighted by atomic mass is 16.2. The van der Waals surface area contributed by atoms with Crippen LogP contribution in [-0.4, -0.2) is 28.6 Å². The van der Waals surface area contributed by atoms with Crippen molar-refractivity contribution < 1.29 is 9.59 Å². The van der Waals surface area contributed by atoms with Crippen LogP contribution in [0.1, 0.15) is 32.9 Å². The zero-order chi connectivity index (χ0) is 20.8. The minimum absolute atomic E-state index is 0.139. The van der Waals surface area contributed by atoms with Crippen molar-refractivity contribution in [1.29, 1.82) is 0 Å². The lowest BCUT2D eigenvalue weighted by atomic mass is 10.1. The first-order valence-corrected chi connectivity index (χ1v) is 9.38. The number of aromatic nitrogens is 2. The van der Waals surface area contributed by atoms with E-state index in [2.05, 4.69) is 15.7 Å². The number of hydrogen-bond acceptors (Lipinski definition) is 3. The first kappa shape index (κ1) is 20.1. The van der Waals surface area contributed by atoms with Gasteiger partial charge in [0.05, 0.1) is 11.4 Å². The average Bonchev–Trinajstić information content (AvgIpc) is 3.04. The number of rotatable bonds is 6. The molecule has 6 heteroatoms. The molecule has 0 radical (unpaired) electrons. The molecule has 29 heavy (non-hydrogen) atoms. The van der Waals surface area contributed by atoms with E-state index in [1.165, 1.54) is 6.08 Å². The molecule has 2 amide bonds. The molecule has 0 aliphatic rings. The molecule has 1 heterocycles. The number of nitrogens with one attached hydrogen (secondary N) is 2. The van der Waals surface area contributed by atoms with Crippen molar-refractivity contribution in [2.45, 2.75) is 20.4 Å². The normalized spacial score (nSPS) is 10.9. The highest BCUT2D eigenvalue weighted by Gasteiger charge is 2.13. The van der Waals surface area contributed by atoms with Gasteiger partial charge in [0.25, 0.3) is 5.91 Å². The second-order valence-electron chi connectivity index (χ2n) is 6.65. The lowest BCUT2D eigenvalue weighted by Gasteiger charge is -2.06. The summed E-state index contributed by atoms with van der Waals surface area (Å²) in [4.78, 5) is 23.8. The smallest absolute Gasteiger partial charge is 0.251 e. The molecule has 1 aromatic heterocycles. The van der Waals surface area contributed by atoms with E-state index < -0.39 is 0 Å². The summed E-state index contributed by atoms with van der Waals surface area (Å²) in [6.07, 6.45) is 3.21. The van der Waals surface area contributed by atoms with Crippen LogP contribution in [0.15, 0.2) is 60.7 Å². The monoisotopic (exact) mass is 388 g/mol. The third-order valence-corrected chi connectivity index (χ3v) is 4.71. The van der Waals surface area contributed by atoms with Crippen LogP contribution in [0.2, 0.25) is 0 Å². The van der Waals surface area contributed by atoms with Crippen LogP contribution in [0.4, 0.5) is 0 Å². The first-order chi connectivity index (χ1) is 14.0. The molecule has 3 aromatic rings. The number of amides is 2. The van der Waals surface area contributed by atoms with Gasteiger partial charge in [-0.05, 0) is 49.8 Å². The Kier molecular flexibility index (Phi) is 6.24. The Bertz CT molecular complexity index is 1030. The van der Waals surface area contributed by atoms with E-state index in [4.69, 9.17) is 0 Å². The van der Waals surface area contributed by atoms with Crippen molar-refractivity contribution in [3.63, 3.8) is 0 Å². The summed E-state index contributed by atoms with van der Waals surface area (Å²) in [6.45, 7) is 4.35. The second kappa shape index (κ2) is 9.01. The summed E-state index contributed by atoms with van der Waals surface area (Å²) in [6, 6.07) is 17.0. The third kappa shape index (κ3) is 4.79. The largest absolute Gasteiger partial charge is 0.355 e. The molecule has 0 aliphatic heterocycles. The number of hydrogen-bond donors (Lipinski definition) is 2. The number of para-hydroxylation sites is 1. The van der Waals surface area contributed by atoms with E-state index in [0.29, 0.717) is 12.1 Å². The molecule has 0 fully saturated rings. The van der Waals surface area contributed by atoms with Gasteiger partial charge in [0.15, 0.2) is 0 Å². The Morgan fingerprint density at radius 3 is 2.38 bits per heavy atom. The van der Waals surface area contributed by atoms with Crippen LogP contribution < -0.4 is 10.6 Å². The zero-order valence-electron chi connectivity index (χ0n) is 16.8. The zero-order valence-corrected chi connectivity index (χ0v) is 16.8. The first-order valence-electron chi connectivity index (χ1n) is 9.38. The Morgan fingerprint density at radius 1 is 1.03 bits per heavy atom. The molecule has 0 saturated carbocycles. The highest BCUT2D eigenvalue weighted by molar-refractivity contribution is 5.94. The minimum Gasteiger partial charge on any atom is -0.355 e. The quantitative estimate of drug-likeness (QED) is 0.637. The maximum Gasteiger partial charge on any atom is 0.251 e. The maximum atomic E-state index is 12.2. The fraction of sp³-hybridized carbons (Fsp3) is 0.174. The molecule has 2 aromatic carbocycles. The Balaban J connectivity index is 1.63. The molecular weight excluding hydrogens is 364 g/mol. The van der Waals surface area contributed by atoms with Gasteiger partial charge in [-0.1, -0.05) is 30.3 Å². The number of benzene rings is 2. The molecule has 2 N–H and O–H groups in total. The van der Waals surface area contributed by atoms with E-state index >= 15 is 0 Å². The van der Waals surface area contributed by atoms with Crippen molar-refractivity contribution in [2.24, 2.45) is 0 Å². The predicted octanol–water partition coefficient (Wildman–Crippen LogP) is 3.18. The molecule has 0 spiro atoms. The summed E-state index contributed by atoms with van der Waals surface area (Å²) >= 11 is 0. The molecule has 6 nitrogen and oxygen atoms in total.